The smallest absolute Gasteiger partial charge is 0.227 e. The Kier molecular flexibility index (Phi) is 3.56. The maximum atomic E-state index is 12.4. The van der Waals surface area contributed by atoms with Crippen LogP contribution in [0.15, 0.2) is 29.3 Å². The molecule has 0 aliphatic carbocycles. The standard InChI is InChI=1S/C14H15BrN4O/c1-18-12-9-19(7-4-11(12)17-14(18)15)13(20)8-10-2-5-16-6-3-10/h2-3,5-6H,4,7-9H2,1H3. The van der Waals surface area contributed by atoms with E-state index in [1.807, 2.05) is 28.6 Å². The molecule has 0 N–H and O–H groups in total. The summed E-state index contributed by atoms with van der Waals surface area (Å²) >= 11 is 3.43. The number of aromatic nitrogens is 3. The zero-order valence-electron chi connectivity index (χ0n) is 11.2. The van der Waals surface area contributed by atoms with E-state index in [-0.39, 0.29) is 5.91 Å². The second kappa shape index (κ2) is 5.36. The molecule has 2 aromatic heterocycles. The van der Waals surface area contributed by atoms with Crippen LogP contribution in [0.5, 0.6) is 0 Å². The first-order valence-electron chi connectivity index (χ1n) is 6.52. The number of halogens is 1. The second-order valence-corrected chi connectivity index (χ2v) is 5.64. The van der Waals surface area contributed by atoms with Crippen molar-refractivity contribution in [3.8, 4) is 0 Å². The summed E-state index contributed by atoms with van der Waals surface area (Å²) in [6, 6.07) is 3.77. The van der Waals surface area contributed by atoms with Gasteiger partial charge in [0, 0.05) is 32.4 Å². The Balaban J connectivity index is 1.73. The maximum Gasteiger partial charge on any atom is 0.227 e. The summed E-state index contributed by atoms with van der Waals surface area (Å²) < 4.78 is 2.83. The molecule has 1 aliphatic heterocycles. The molecule has 20 heavy (non-hydrogen) atoms. The molecule has 5 nitrogen and oxygen atoms in total. The summed E-state index contributed by atoms with van der Waals surface area (Å²) in [5, 5.41) is 0. The minimum atomic E-state index is 0.152. The fourth-order valence-electron chi connectivity index (χ4n) is 2.45. The number of hydrogen-bond donors (Lipinski definition) is 0. The van der Waals surface area contributed by atoms with Crippen molar-refractivity contribution in [2.24, 2.45) is 7.05 Å². The van der Waals surface area contributed by atoms with E-state index in [0.717, 1.165) is 34.7 Å². The highest BCUT2D eigenvalue weighted by atomic mass is 79.9. The molecule has 0 unspecified atom stereocenters. The van der Waals surface area contributed by atoms with E-state index in [4.69, 9.17) is 0 Å². The van der Waals surface area contributed by atoms with E-state index in [1.165, 1.54) is 0 Å². The van der Waals surface area contributed by atoms with Crippen LogP contribution in [0.25, 0.3) is 0 Å². The molecule has 0 saturated heterocycles. The van der Waals surface area contributed by atoms with E-state index in [2.05, 4.69) is 25.9 Å². The molecule has 104 valence electrons. The molecule has 1 amide bonds. The number of pyridine rings is 1. The van der Waals surface area contributed by atoms with Crippen LogP contribution in [0, 0.1) is 0 Å². The van der Waals surface area contributed by atoms with Gasteiger partial charge in [0.2, 0.25) is 5.91 Å². The Hall–Kier alpha value is -1.69. The van der Waals surface area contributed by atoms with Gasteiger partial charge >= 0.3 is 0 Å². The lowest BCUT2D eigenvalue weighted by Gasteiger charge is -2.27. The van der Waals surface area contributed by atoms with Crippen LogP contribution in [0.4, 0.5) is 0 Å². The highest BCUT2D eigenvalue weighted by molar-refractivity contribution is 9.10. The third-order valence-corrected chi connectivity index (χ3v) is 4.37. The van der Waals surface area contributed by atoms with Gasteiger partial charge in [0.1, 0.15) is 0 Å². The summed E-state index contributed by atoms with van der Waals surface area (Å²) in [4.78, 5) is 22.7. The summed E-state index contributed by atoms with van der Waals surface area (Å²) in [6.07, 6.45) is 4.68. The number of imidazole rings is 1. The van der Waals surface area contributed by atoms with Gasteiger partial charge in [-0.3, -0.25) is 9.78 Å². The quantitative estimate of drug-likeness (QED) is 0.840. The van der Waals surface area contributed by atoms with E-state index >= 15 is 0 Å². The lowest BCUT2D eigenvalue weighted by molar-refractivity contribution is -0.131. The van der Waals surface area contributed by atoms with Gasteiger partial charge in [-0.25, -0.2) is 4.98 Å². The van der Waals surface area contributed by atoms with Crippen molar-refractivity contribution in [3.63, 3.8) is 0 Å². The van der Waals surface area contributed by atoms with Gasteiger partial charge in [-0.1, -0.05) is 0 Å². The molecule has 3 rings (SSSR count). The lowest BCUT2D eigenvalue weighted by Crippen LogP contribution is -2.37. The summed E-state index contributed by atoms with van der Waals surface area (Å²) in [5.74, 6) is 0.152. The minimum absolute atomic E-state index is 0.152. The molecule has 3 heterocycles. The van der Waals surface area contributed by atoms with Crippen LogP contribution in [0.1, 0.15) is 17.0 Å². The van der Waals surface area contributed by atoms with Crippen LogP contribution in [0.3, 0.4) is 0 Å². The van der Waals surface area contributed by atoms with Gasteiger partial charge < -0.3 is 9.47 Å². The molecule has 0 aromatic carbocycles. The zero-order chi connectivity index (χ0) is 14.1. The van der Waals surface area contributed by atoms with Gasteiger partial charge in [-0.05, 0) is 33.6 Å². The highest BCUT2D eigenvalue weighted by Gasteiger charge is 2.25. The molecule has 0 saturated carbocycles. The molecule has 1 aliphatic rings. The molecular weight excluding hydrogens is 320 g/mol. The number of hydrogen-bond acceptors (Lipinski definition) is 3. The first-order valence-corrected chi connectivity index (χ1v) is 7.31. The van der Waals surface area contributed by atoms with Crippen molar-refractivity contribution in [3.05, 3.63) is 46.2 Å². The molecule has 0 bridgehead atoms. The minimum Gasteiger partial charge on any atom is -0.336 e. The number of rotatable bonds is 2. The van der Waals surface area contributed by atoms with Crippen molar-refractivity contribution in [2.75, 3.05) is 6.54 Å². The van der Waals surface area contributed by atoms with Crippen LogP contribution in [-0.2, 0) is 31.2 Å². The Morgan fingerprint density at radius 2 is 2.15 bits per heavy atom. The molecule has 0 radical (unpaired) electrons. The molecule has 6 heteroatoms. The van der Waals surface area contributed by atoms with E-state index in [1.54, 1.807) is 12.4 Å². The Morgan fingerprint density at radius 1 is 1.40 bits per heavy atom. The number of carbonyl (C=O) groups is 1. The SMILES string of the molecule is Cn1c(Br)nc2c1CN(C(=O)Cc1ccncc1)CC2. The first-order chi connectivity index (χ1) is 9.65. The number of carbonyl (C=O) groups excluding carboxylic acids is 1. The lowest BCUT2D eigenvalue weighted by atomic mass is 10.1. The summed E-state index contributed by atoms with van der Waals surface area (Å²) in [6.45, 7) is 1.37. The van der Waals surface area contributed by atoms with Crippen molar-refractivity contribution in [2.45, 2.75) is 19.4 Å². The summed E-state index contributed by atoms with van der Waals surface area (Å²) in [7, 11) is 1.97. The number of fused-ring (bicyclic) bond motifs is 1. The topological polar surface area (TPSA) is 51.0 Å². The van der Waals surface area contributed by atoms with Gasteiger partial charge in [0.15, 0.2) is 4.73 Å². The van der Waals surface area contributed by atoms with E-state index < -0.39 is 0 Å². The Labute approximate surface area is 125 Å². The maximum absolute atomic E-state index is 12.4. The normalized spacial score (nSPS) is 14.2. The van der Waals surface area contributed by atoms with Gasteiger partial charge in [-0.2, -0.15) is 0 Å². The number of nitrogens with zero attached hydrogens (tertiary/aromatic N) is 4. The van der Waals surface area contributed by atoms with E-state index in [0.29, 0.717) is 13.0 Å². The first kappa shape index (κ1) is 13.3. The predicted octanol–water partition coefficient (Wildman–Crippen LogP) is 1.70. The molecule has 0 atom stereocenters. The zero-order valence-corrected chi connectivity index (χ0v) is 12.8. The molecule has 0 spiro atoms. The van der Waals surface area contributed by atoms with Crippen LogP contribution in [0.2, 0.25) is 0 Å². The van der Waals surface area contributed by atoms with Gasteiger partial charge in [-0.15, -0.1) is 0 Å². The fraction of sp³-hybridized carbons (Fsp3) is 0.357. The Morgan fingerprint density at radius 3 is 2.90 bits per heavy atom. The van der Waals surface area contributed by atoms with Gasteiger partial charge in [0.05, 0.1) is 24.4 Å². The van der Waals surface area contributed by atoms with Crippen molar-refractivity contribution in [1.29, 1.82) is 0 Å². The average molecular weight is 335 g/mol. The molecule has 0 fully saturated rings. The van der Waals surface area contributed by atoms with E-state index in [9.17, 15) is 4.79 Å². The van der Waals surface area contributed by atoms with Crippen molar-refractivity contribution in [1.82, 2.24) is 19.4 Å². The van der Waals surface area contributed by atoms with Crippen LogP contribution in [-0.4, -0.2) is 31.9 Å². The monoisotopic (exact) mass is 334 g/mol. The van der Waals surface area contributed by atoms with Gasteiger partial charge in [0.25, 0.3) is 0 Å². The molecule has 2 aromatic rings. The Bertz CT molecular complexity index is 638. The average Bonchev–Trinajstić information content (AvgIpc) is 2.75. The summed E-state index contributed by atoms with van der Waals surface area (Å²) in [5.41, 5.74) is 3.21. The highest BCUT2D eigenvalue weighted by Crippen LogP contribution is 2.22. The molecular formula is C14H15BrN4O. The third kappa shape index (κ3) is 2.47. The van der Waals surface area contributed by atoms with Crippen LogP contribution < -0.4 is 0 Å². The van der Waals surface area contributed by atoms with Crippen molar-refractivity contribution < 1.29 is 4.79 Å². The third-order valence-electron chi connectivity index (χ3n) is 3.66. The van der Waals surface area contributed by atoms with Crippen molar-refractivity contribution >= 4 is 21.8 Å². The largest absolute Gasteiger partial charge is 0.336 e. The van der Waals surface area contributed by atoms with Crippen LogP contribution >= 0.6 is 15.9 Å². The fourth-order valence-corrected chi connectivity index (χ4v) is 2.88. The number of amides is 1. The second-order valence-electron chi connectivity index (χ2n) is 4.93. The predicted molar refractivity (Wildman–Crippen MR) is 78.0 cm³/mol.